The Morgan fingerprint density at radius 3 is 2.72 bits per heavy atom. The highest BCUT2D eigenvalue weighted by molar-refractivity contribution is 6.32. The topological polar surface area (TPSA) is 112 Å². The number of methoxy groups -OCH3 is 1. The summed E-state index contributed by atoms with van der Waals surface area (Å²) in [6.45, 7) is 0.918. The SMILES string of the molecule is COc1cc(NC(=O)N2CCC(n3c(=O)[nH]c4c(-c5ccc(CO)nc5)cccc43)CC2)ccc1Cl. The summed E-state index contributed by atoms with van der Waals surface area (Å²) in [6, 6.07) is 14.3. The molecule has 2 aromatic heterocycles. The molecular formula is C26H26ClN5O4. The van der Waals surface area contributed by atoms with E-state index < -0.39 is 0 Å². The van der Waals surface area contributed by atoms with Gasteiger partial charge in [-0.3, -0.25) is 9.55 Å². The van der Waals surface area contributed by atoms with E-state index in [0.29, 0.717) is 48.1 Å². The average molecular weight is 508 g/mol. The standard InChI is InChI=1S/C26H26ClN5O4/c1-36-23-13-17(7-8-21(23)27)29-25(34)31-11-9-19(10-12-31)32-22-4-2-3-20(24(22)30-26(32)35)16-5-6-18(15-33)28-14-16/h2-8,13-14,19,33H,9-12,15H2,1H3,(H,29,34)(H,30,35). The number of aromatic nitrogens is 3. The summed E-state index contributed by atoms with van der Waals surface area (Å²) in [5, 5.41) is 12.6. The Kier molecular flexibility index (Phi) is 6.67. The van der Waals surface area contributed by atoms with Crippen molar-refractivity contribution in [3.05, 3.63) is 75.9 Å². The predicted molar refractivity (Wildman–Crippen MR) is 139 cm³/mol. The fraction of sp³-hybridized carbons (Fsp3) is 0.269. The van der Waals surface area contributed by atoms with E-state index >= 15 is 0 Å². The molecule has 36 heavy (non-hydrogen) atoms. The van der Waals surface area contributed by atoms with Gasteiger partial charge in [0.25, 0.3) is 0 Å². The Hall–Kier alpha value is -3.82. The van der Waals surface area contributed by atoms with Crippen LogP contribution in [0, 0.1) is 0 Å². The van der Waals surface area contributed by atoms with Gasteiger partial charge in [0, 0.05) is 48.2 Å². The highest BCUT2D eigenvalue weighted by Gasteiger charge is 2.27. The summed E-state index contributed by atoms with van der Waals surface area (Å²) in [5.41, 5.74) is 4.31. The number of likely N-dealkylation sites (tertiary alicyclic amines) is 1. The lowest BCUT2D eigenvalue weighted by atomic mass is 10.0. The molecule has 0 aliphatic carbocycles. The molecule has 186 valence electrons. The number of amides is 2. The van der Waals surface area contributed by atoms with Crippen molar-refractivity contribution in [3.8, 4) is 16.9 Å². The molecule has 5 rings (SSSR count). The van der Waals surface area contributed by atoms with Gasteiger partial charge in [-0.1, -0.05) is 29.8 Å². The first-order valence-corrected chi connectivity index (χ1v) is 12.0. The zero-order valence-electron chi connectivity index (χ0n) is 19.7. The number of carbonyl (C=O) groups is 1. The lowest BCUT2D eigenvalue weighted by Crippen LogP contribution is -2.42. The number of H-pyrrole nitrogens is 1. The molecule has 3 N–H and O–H groups in total. The second-order valence-corrected chi connectivity index (χ2v) is 9.10. The lowest BCUT2D eigenvalue weighted by molar-refractivity contribution is 0.184. The zero-order valence-corrected chi connectivity index (χ0v) is 20.5. The Morgan fingerprint density at radius 2 is 2.03 bits per heavy atom. The molecule has 3 heterocycles. The Labute approximate surface area is 212 Å². The summed E-state index contributed by atoms with van der Waals surface area (Å²) >= 11 is 6.07. The molecule has 0 bridgehead atoms. The van der Waals surface area contributed by atoms with Crippen LogP contribution in [0.3, 0.4) is 0 Å². The molecule has 1 aliphatic rings. The van der Waals surface area contributed by atoms with E-state index in [4.69, 9.17) is 16.3 Å². The molecule has 0 unspecified atom stereocenters. The lowest BCUT2D eigenvalue weighted by Gasteiger charge is -2.32. The summed E-state index contributed by atoms with van der Waals surface area (Å²) < 4.78 is 7.01. The number of piperidine rings is 1. The molecule has 9 nitrogen and oxygen atoms in total. The molecule has 1 fully saturated rings. The number of hydrogen-bond donors (Lipinski definition) is 3. The van der Waals surface area contributed by atoms with E-state index in [0.717, 1.165) is 22.2 Å². The maximum atomic E-state index is 13.0. The van der Waals surface area contributed by atoms with Crippen LogP contribution in [-0.2, 0) is 6.61 Å². The third-order valence-corrected chi connectivity index (χ3v) is 6.88. The Balaban J connectivity index is 1.32. The number of aliphatic hydroxyl groups is 1. The van der Waals surface area contributed by atoms with E-state index in [1.807, 2.05) is 24.3 Å². The molecule has 0 spiro atoms. The van der Waals surface area contributed by atoms with Crippen LogP contribution < -0.4 is 15.7 Å². The highest BCUT2D eigenvalue weighted by atomic mass is 35.5. The number of imidazole rings is 1. The number of nitrogens with zero attached hydrogens (tertiary/aromatic N) is 3. The number of nitrogens with one attached hydrogen (secondary N) is 2. The maximum absolute atomic E-state index is 13.0. The number of pyridine rings is 1. The van der Waals surface area contributed by atoms with Gasteiger partial charge < -0.3 is 25.0 Å². The summed E-state index contributed by atoms with van der Waals surface area (Å²) in [6.07, 6.45) is 3.01. The quantitative estimate of drug-likeness (QED) is 0.370. The number of hydrogen-bond acceptors (Lipinski definition) is 5. The average Bonchev–Trinajstić information content (AvgIpc) is 3.25. The van der Waals surface area contributed by atoms with Crippen molar-refractivity contribution in [2.24, 2.45) is 0 Å². The van der Waals surface area contributed by atoms with Gasteiger partial charge in [0.2, 0.25) is 0 Å². The number of urea groups is 1. The summed E-state index contributed by atoms with van der Waals surface area (Å²) in [7, 11) is 1.52. The number of carbonyl (C=O) groups excluding carboxylic acids is 1. The highest BCUT2D eigenvalue weighted by Crippen LogP contribution is 2.31. The van der Waals surface area contributed by atoms with Gasteiger partial charge in [0.15, 0.2) is 0 Å². The second-order valence-electron chi connectivity index (χ2n) is 8.69. The molecule has 2 aromatic carbocycles. The number of aromatic amines is 1. The minimum absolute atomic E-state index is 0.0314. The van der Waals surface area contributed by atoms with Crippen molar-refractivity contribution in [2.75, 3.05) is 25.5 Å². The Morgan fingerprint density at radius 1 is 1.22 bits per heavy atom. The first-order chi connectivity index (χ1) is 17.5. The number of halogens is 1. The molecule has 1 saturated heterocycles. The number of fused-ring (bicyclic) bond motifs is 1. The van der Waals surface area contributed by atoms with Gasteiger partial charge in [-0.25, -0.2) is 9.59 Å². The third kappa shape index (κ3) is 4.55. The van der Waals surface area contributed by atoms with Crippen molar-refractivity contribution in [2.45, 2.75) is 25.5 Å². The van der Waals surface area contributed by atoms with E-state index in [1.54, 1.807) is 39.9 Å². The first kappa shape index (κ1) is 23.9. The molecule has 1 aliphatic heterocycles. The number of aliphatic hydroxyl groups excluding tert-OH is 1. The normalized spacial score (nSPS) is 14.2. The van der Waals surface area contributed by atoms with E-state index in [1.165, 1.54) is 7.11 Å². The molecule has 0 saturated carbocycles. The maximum Gasteiger partial charge on any atom is 0.326 e. The van der Waals surface area contributed by atoms with Crippen LogP contribution in [0.25, 0.3) is 22.2 Å². The summed E-state index contributed by atoms with van der Waals surface area (Å²) in [5.74, 6) is 0.492. The van der Waals surface area contributed by atoms with Crippen molar-refractivity contribution in [3.63, 3.8) is 0 Å². The van der Waals surface area contributed by atoms with Crippen molar-refractivity contribution in [1.29, 1.82) is 0 Å². The molecular weight excluding hydrogens is 482 g/mol. The van der Waals surface area contributed by atoms with Gasteiger partial charge in [-0.2, -0.15) is 0 Å². The Bertz CT molecular complexity index is 1460. The fourth-order valence-electron chi connectivity index (χ4n) is 4.70. The smallest absolute Gasteiger partial charge is 0.326 e. The zero-order chi connectivity index (χ0) is 25.2. The fourth-order valence-corrected chi connectivity index (χ4v) is 4.89. The van der Waals surface area contributed by atoms with Crippen LogP contribution in [0.5, 0.6) is 5.75 Å². The van der Waals surface area contributed by atoms with E-state index in [2.05, 4.69) is 15.3 Å². The number of para-hydroxylation sites is 1. The molecule has 0 radical (unpaired) electrons. The van der Waals surface area contributed by atoms with E-state index in [9.17, 15) is 14.7 Å². The van der Waals surface area contributed by atoms with Crippen LogP contribution in [0.4, 0.5) is 10.5 Å². The first-order valence-electron chi connectivity index (χ1n) is 11.7. The van der Waals surface area contributed by atoms with Crippen molar-refractivity contribution < 1.29 is 14.6 Å². The van der Waals surface area contributed by atoms with Crippen LogP contribution in [0.2, 0.25) is 5.02 Å². The molecule has 10 heteroatoms. The minimum atomic E-state index is -0.204. The van der Waals surface area contributed by atoms with Crippen LogP contribution in [-0.4, -0.2) is 50.8 Å². The minimum Gasteiger partial charge on any atom is -0.495 e. The van der Waals surface area contributed by atoms with Crippen LogP contribution in [0.15, 0.2) is 59.5 Å². The third-order valence-electron chi connectivity index (χ3n) is 6.57. The van der Waals surface area contributed by atoms with Crippen molar-refractivity contribution in [1.82, 2.24) is 19.4 Å². The number of rotatable bonds is 5. The van der Waals surface area contributed by atoms with Gasteiger partial charge in [-0.05, 0) is 37.1 Å². The number of anilines is 1. The van der Waals surface area contributed by atoms with Gasteiger partial charge in [-0.15, -0.1) is 0 Å². The van der Waals surface area contributed by atoms with E-state index in [-0.39, 0.29) is 24.4 Å². The van der Waals surface area contributed by atoms with Crippen LogP contribution >= 0.6 is 11.6 Å². The van der Waals surface area contributed by atoms with Crippen molar-refractivity contribution >= 4 is 34.4 Å². The monoisotopic (exact) mass is 507 g/mol. The summed E-state index contributed by atoms with van der Waals surface area (Å²) in [4.78, 5) is 34.9. The largest absolute Gasteiger partial charge is 0.495 e. The van der Waals surface area contributed by atoms with Gasteiger partial charge in [0.05, 0.1) is 35.5 Å². The van der Waals surface area contributed by atoms with Gasteiger partial charge in [0.1, 0.15) is 5.75 Å². The second kappa shape index (κ2) is 10.0. The molecule has 0 atom stereocenters. The predicted octanol–water partition coefficient (Wildman–Crippen LogP) is 4.41. The number of ether oxygens (including phenoxy) is 1. The van der Waals surface area contributed by atoms with Gasteiger partial charge >= 0.3 is 11.7 Å². The molecule has 2 amide bonds. The molecule has 4 aromatic rings. The van der Waals surface area contributed by atoms with Crippen LogP contribution in [0.1, 0.15) is 24.6 Å². The number of benzene rings is 2.